The minimum absolute atomic E-state index is 0.657. The molecule has 0 saturated carbocycles. The molecule has 3 heteroatoms. The van der Waals surface area contributed by atoms with Gasteiger partial charge in [0, 0.05) is 0 Å². The van der Waals surface area contributed by atoms with Crippen molar-refractivity contribution in [1.29, 1.82) is 0 Å². The van der Waals surface area contributed by atoms with Crippen LogP contribution in [0, 0.1) is 6.92 Å². The maximum atomic E-state index is 4.12. The number of hydrogen-bond donors (Lipinski definition) is 0. The summed E-state index contributed by atoms with van der Waals surface area (Å²) in [7, 11) is 2.02. The lowest BCUT2D eigenvalue weighted by molar-refractivity contribution is 0.359. The molecule has 0 radical (unpaired) electrons. The van der Waals surface area contributed by atoms with Crippen LogP contribution in [-0.4, -0.2) is 25.2 Å². The van der Waals surface area contributed by atoms with Crippen LogP contribution in [0.5, 0.6) is 0 Å². The largest absolute Gasteiger partial charge is 0.286 e. The summed E-state index contributed by atoms with van der Waals surface area (Å²) in [5.74, 6) is 0. The topological polar surface area (TPSA) is 28.0 Å². The van der Waals surface area contributed by atoms with E-state index >= 15 is 0 Å². The highest BCUT2D eigenvalue weighted by molar-refractivity contribution is 5.37. The lowest BCUT2D eigenvalue weighted by atomic mass is 10.2. The fraction of sp³-hybridized carbons (Fsp3) is 0.455. The van der Waals surface area contributed by atoms with Gasteiger partial charge in [-0.15, -0.1) is 0 Å². The number of rotatable bonds is 4. The van der Waals surface area contributed by atoms with E-state index in [4.69, 9.17) is 0 Å². The van der Waals surface area contributed by atoms with Gasteiger partial charge in [0.15, 0.2) is 0 Å². The average Bonchev–Trinajstić information content (AvgIpc) is 2.21. The van der Waals surface area contributed by atoms with Crippen molar-refractivity contribution in [3.05, 3.63) is 29.8 Å². The lowest BCUT2D eigenvalue weighted by Gasteiger charge is -2.07. The van der Waals surface area contributed by atoms with E-state index < -0.39 is 0 Å². The molecule has 1 rings (SSSR count). The van der Waals surface area contributed by atoms with E-state index in [0.29, 0.717) is 6.67 Å². The Balaban J connectivity index is 2.48. The number of aryl methyl sites for hydroxylation is 1. The summed E-state index contributed by atoms with van der Waals surface area (Å²) in [6, 6.07) is 8.03. The van der Waals surface area contributed by atoms with Crippen LogP contribution in [0.25, 0.3) is 0 Å². The van der Waals surface area contributed by atoms with Crippen LogP contribution in [0.2, 0.25) is 0 Å². The molecule has 0 amide bonds. The van der Waals surface area contributed by atoms with Crippen LogP contribution < -0.4 is 0 Å². The van der Waals surface area contributed by atoms with Gasteiger partial charge in [0.1, 0.15) is 6.67 Å². The van der Waals surface area contributed by atoms with Gasteiger partial charge in [0.05, 0.1) is 5.69 Å². The summed E-state index contributed by atoms with van der Waals surface area (Å²) in [6.07, 6.45) is 0. The zero-order valence-electron chi connectivity index (χ0n) is 9.07. The number of nitrogens with zero attached hydrogens (tertiary/aromatic N) is 3. The molecule has 0 aliphatic rings. The third-order valence-corrected chi connectivity index (χ3v) is 2.06. The van der Waals surface area contributed by atoms with Gasteiger partial charge >= 0.3 is 0 Å². The van der Waals surface area contributed by atoms with Gasteiger partial charge < -0.3 is 0 Å². The monoisotopic (exact) mass is 191 g/mol. The van der Waals surface area contributed by atoms with E-state index in [0.717, 1.165) is 12.2 Å². The summed E-state index contributed by atoms with van der Waals surface area (Å²) in [5.41, 5.74) is 2.16. The third kappa shape index (κ3) is 3.66. The predicted octanol–water partition coefficient (Wildman–Crippen LogP) is 2.99. The van der Waals surface area contributed by atoms with Gasteiger partial charge in [-0.1, -0.05) is 24.6 Å². The lowest BCUT2D eigenvalue weighted by Crippen LogP contribution is -2.16. The normalized spacial score (nSPS) is 11.4. The molecule has 0 N–H and O–H groups in total. The van der Waals surface area contributed by atoms with Crippen LogP contribution >= 0.6 is 0 Å². The van der Waals surface area contributed by atoms with Gasteiger partial charge in [-0.25, -0.2) is 0 Å². The summed E-state index contributed by atoms with van der Waals surface area (Å²) in [4.78, 5) is 2.09. The van der Waals surface area contributed by atoms with Crippen LogP contribution in [0.15, 0.2) is 34.5 Å². The SMILES string of the molecule is CCN(C)CN=Nc1ccc(C)cc1. The highest BCUT2D eigenvalue weighted by Crippen LogP contribution is 2.12. The Morgan fingerprint density at radius 1 is 1.21 bits per heavy atom. The number of hydrogen-bond acceptors (Lipinski definition) is 3. The van der Waals surface area contributed by atoms with Crippen molar-refractivity contribution in [3.8, 4) is 0 Å². The highest BCUT2D eigenvalue weighted by atomic mass is 15.2. The first-order valence-electron chi connectivity index (χ1n) is 4.85. The molecule has 1 aromatic carbocycles. The van der Waals surface area contributed by atoms with Crippen molar-refractivity contribution >= 4 is 5.69 Å². The summed E-state index contributed by atoms with van der Waals surface area (Å²) in [5, 5.41) is 8.21. The molecule has 0 saturated heterocycles. The van der Waals surface area contributed by atoms with E-state index in [1.807, 2.05) is 31.3 Å². The van der Waals surface area contributed by atoms with Crippen LogP contribution in [0.3, 0.4) is 0 Å². The second kappa shape index (κ2) is 5.50. The Hall–Kier alpha value is -1.22. The van der Waals surface area contributed by atoms with Crippen molar-refractivity contribution in [2.75, 3.05) is 20.3 Å². The van der Waals surface area contributed by atoms with Gasteiger partial charge in [-0.05, 0) is 32.6 Å². The van der Waals surface area contributed by atoms with Crippen molar-refractivity contribution < 1.29 is 0 Å². The quantitative estimate of drug-likeness (QED) is 0.672. The van der Waals surface area contributed by atoms with Gasteiger partial charge in [0.25, 0.3) is 0 Å². The summed E-state index contributed by atoms with van der Waals surface area (Å²) < 4.78 is 0. The molecule has 0 spiro atoms. The fourth-order valence-corrected chi connectivity index (χ4v) is 0.933. The molecule has 76 valence electrons. The maximum Gasteiger partial charge on any atom is 0.112 e. The zero-order valence-corrected chi connectivity index (χ0v) is 9.07. The minimum atomic E-state index is 0.657. The molecule has 0 heterocycles. The Bertz CT molecular complexity index is 290. The van der Waals surface area contributed by atoms with E-state index in [2.05, 4.69) is 29.0 Å². The second-order valence-electron chi connectivity index (χ2n) is 3.39. The first-order valence-corrected chi connectivity index (χ1v) is 4.85. The molecular weight excluding hydrogens is 174 g/mol. The third-order valence-electron chi connectivity index (χ3n) is 2.06. The first-order chi connectivity index (χ1) is 6.72. The second-order valence-corrected chi connectivity index (χ2v) is 3.39. The Morgan fingerprint density at radius 3 is 2.43 bits per heavy atom. The van der Waals surface area contributed by atoms with Crippen molar-refractivity contribution in [2.45, 2.75) is 13.8 Å². The molecule has 0 atom stereocenters. The maximum absolute atomic E-state index is 4.12. The molecular formula is C11H17N3. The molecule has 0 bridgehead atoms. The summed E-state index contributed by atoms with van der Waals surface area (Å²) >= 11 is 0. The van der Waals surface area contributed by atoms with E-state index in [1.165, 1.54) is 5.56 Å². The molecule has 14 heavy (non-hydrogen) atoms. The molecule has 3 nitrogen and oxygen atoms in total. The van der Waals surface area contributed by atoms with Crippen molar-refractivity contribution in [3.63, 3.8) is 0 Å². The van der Waals surface area contributed by atoms with Crippen LogP contribution in [0.4, 0.5) is 5.69 Å². The predicted molar refractivity (Wildman–Crippen MR) is 58.9 cm³/mol. The molecule has 0 aliphatic heterocycles. The average molecular weight is 191 g/mol. The van der Waals surface area contributed by atoms with Crippen molar-refractivity contribution in [2.24, 2.45) is 10.2 Å². The van der Waals surface area contributed by atoms with E-state index in [9.17, 15) is 0 Å². The molecule has 0 aromatic heterocycles. The Morgan fingerprint density at radius 2 is 1.86 bits per heavy atom. The van der Waals surface area contributed by atoms with Crippen molar-refractivity contribution in [1.82, 2.24) is 4.90 Å². The zero-order chi connectivity index (χ0) is 10.4. The van der Waals surface area contributed by atoms with Crippen LogP contribution in [0.1, 0.15) is 12.5 Å². The van der Waals surface area contributed by atoms with Crippen LogP contribution in [-0.2, 0) is 0 Å². The number of azo groups is 1. The standard InChI is InChI=1S/C11H17N3/c1-4-14(3)9-12-13-11-7-5-10(2)6-8-11/h5-8H,4,9H2,1-3H3. The Kier molecular flexibility index (Phi) is 4.26. The number of benzene rings is 1. The first kappa shape index (κ1) is 10.9. The van der Waals surface area contributed by atoms with Gasteiger partial charge in [0.2, 0.25) is 0 Å². The smallest absolute Gasteiger partial charge is 0.112 e. The fourth-order valence-electron chi connectivity index (χ4n) is 0.933. The summed E-state index contributed by atoms with van der Waals surface area (Å²) in [6.45, 7) is 5.81. The Labute approximate surface area is 85.5 Å². The van der Waals surface area contributed by atoms with Gasteiger partial charge in [-0.3, -0.25) is 4.90 Å². The van der Waals surface area contributed by atoms with E-state index in [1.54, 1.807) is 0 Å². The molecule has 1 aromatic rings. The molecule has 0 fully saturated rings. The van der Waals surface area contributed by atoms with Gasteiger partial charge in [-0.2, -0.15) is 10.2 Å². The molecule has 0 unspecified atom stereocenters. The minimum Gasteiger partial charge on any atom is -0.286 e. The molecule has 0 aliphatic carbocycles. The van der Waals surface area contributed by atoms with E-state index in [-0.39, 0.29) is 0 Å². The highest BCUT2D eigenvalue weighted by Gasteiger charge is 1.91.